The second kappa shape index (κ2) is 9.20. The van der Waals surface area contributed by atoms with Crippen molar-refractivity contribution in [1.82, 2.24) is 0 Å². The highest BCUT2D eigenvalue weighted by Crippen LogP contribution is 2.37. The van der Waals surface area contributed by atoms with Crippen LogP contribution in [0.15, 0.2) is 72.4 Å². The lowest BCUT2D eigenvalue weighted by molar-refractivity contribution is -0.120. The van der Waals surface area contributed by atoms with Crippen LogP contribution in [0.4, 0.5) is 11.4 Å². The standard InChI is InChI=1S/C27H26N2O4/c1-5-18-8-11-20(12-9-18)28-25-24(19-10-15-22(32-3)23(16-19)33-4)26(30)29(27(25)31)21-13-6-17(2)7-14-21/h6-16,28H,5H2,1-4H3. The van der Waals surface area contributed by atoms with E-state index in [0.29, 0.717) is 22.7 Å². The fourth-order valence-electron chi connectivity index (χ4n) is 3.80. The van der Waals surface area contributed by atoms with Crippen molar-refractivity contribution in [2.45, 2.75) is 20.3 Å². The third kappa shape index (κ3) is 4.20. The number of hydrogen-bond acceptors (Lipinski definition) is 5. The van der Waals surface area contributed by atoms with Gasteiger partial charge in [0.1, 0.15) is 5.70 Å². The molecule has 1 N–H and O–H groups in total. The summed E-state index contributed by atoms with van der Waals surface area (Å²) in [7, 11) is 3.08. The molecule has 6 heteroatoms. The summed E-state index contributed by atoms with van der Waals surface area (Å²) in [5.74, 6) is 0.207. The summed E-state index contributed by atoms with van der Waals surface area (Å²) >= 11 is 0. The molecule has 0 spiro atoms. The number of amides is 2. The van der Waals surface area contributed by atoms with Gasteiger partial charge in [0.25, 0.3) is 11.8 Å². The number of hydrogen-bond donors (Lipinski definition) is 1. The van der Waals surface area contributed by atoms with Crippen molar-refractivity contribution in [3.05, 3.63) is 89.1 Å². The molecule has 0 atom stereocenters. The van der Waals surface area contributed by atoms with Gasteiger partial charge in [-0.05, 0) is 60.9 Å². The number of ether oxygens (including phenoxy) is 2. The lowest BCUT2D eigenvalue weighted by Gasteiger charge is -2.16. The maximum atomic E-state index is 13.6. The molecule has 1 aliphatic rings. The Morgan fingerprint density at radius 3 is 2.09 bits per heavy atom. The number of rotatable bonds is 7. The first-order valence-electron chi connectivity index (χ1n) is 10.7. The van der Waals surface area contributed by atoms with Crippen LogP contribution in [0.25, 0.3) is 5.57 Å². The summed E-state index contributed by atoms with van der Waals surface area (Å²) in [5, 5.41) is 3.19. The molecule has 3 aromatic rings. The van der Waals surface area contributed by atoms with E-state index < -0.39 is 11.8 Å². The normalized spacial score (nSPS) is 13.5. The van der Waals surface area contributed by atoms with Crippen molar-refractivity contribution in [3.63, 3.8) is 0 Å². The van der Waals surface area contributed by atoms with Crippen LogP contribution in [-0.2, 0) is 16.0 Å². The Balaban J connectivity index is 1.82. The van der Waals surface area contributed by atoms with E-state index in [4.69, 9.17) is 9.47 Å². The summed E-state index contributed by atoms with van der Waals surface area (Å²) in [6.45, 7) is 4.04. The van der Waals surface area contributed by atoms with Crippen molar-refractivity contribution in [1.29, 1.82) is 0 Å². The Morgan fingerprint density at radius 1 is 0.818 bits per heavy atom. The highest BCUT2D eigenvalue weighted by molar-refractivity contribution is 6.46. The summed E-state index contributed by atoms with van der Waals surface area (Å²) in [6, 6.07) is 20.3. The number of carbonyl (C=O) groups is 2. The molecule has 0 saturated heterocycles. The van der Waals surface area contributed by atoms with Gasteiger partial charge in [0.2, 0.25) is 0 Å². The number of benzene rings is 3. The van der Waals surface area contributed by atoms with E-state index in [1.165, 1.54) is 17.6 Å². The Labute approximate surface area is 193 Å². The molecule has 0 aliphatic carbocycles. The summed E-state index contributed by atoms with van der Waals surface area (Å²) in [6.07, 6.45) is 0.915. The molecular weight excluding hydrogens is 416 g/mol. The zero-order valence-corrected chi connectivity index (χ0v) is 19.1. The van der Waals surface area contributed by atoms with Crippen molar-refractivity contribution in [3.8, 4) is 11.5 Å². The van der Waals surface area contributed by atoms with Gasteiger partial charge in [0, 0.05) is 5.69 Å². The minimum atomic E-state index is -0.409. The van der Waals surface area contributed by atoms with Gasteiger partial charge in [-0.25, -0.2) is 4.90 Å². The first-order valence-corrected chi connectivity index (χ1v) is 10.7. The van der Waals surface area contributed by atoms with E-state index in [1.807, 2.05) is 43.3 Å². The largest absolute Gasteiger partial charge is 0.493 e. The molecule has 33 heavy (non-hydrogen) atoms. The topological polar surface area (TPSA) is 67.9 Å². The molecule has 1 heterocycles. The van der Waals surface area contributed by atoms with E-state index in [2.05, 4.69) is 12.2 Å². The van der Waals surface area contributed by atoms with Crippen LogP contribution in [0, 0.1) is 6.92 Å². The molecule has 2 amide bonds. The van der Waals surface area contributed by atoms with E-state index in [0.717, 1.165) is 17.7 Å². The zero-order valence-electron chi connectivity index (χ0n) is 19.1. The quantitative estimate of drug-likeness (QED) is 0.523. The van der Waals surface area contributed by atoms with Gasteiger partial charge in [-0.15, -0.1) is 0 Å². The second-order valence-corrected chi connectivity index (χ2v) is 7.78. The van der Waals surface area contributed by atoms with Gasteiger partial charge in [-0.1, -0.05) is 42.8 Å². The average molecular weight is 443 g/mol. The van der Waals surface area contributed by atoms with Crippen LogP contribution in [0.1, 0.15) is 23.6 Å². The molecule has 0 radical (unpaired) electrons. The van der Waals surface area contributed by atoms with Crippen LogP contribution >= 0.6 is 0 Å². The average Bonchev–Trinajstić information content (AvgIpc) is 3.08. The SMILES string of the molecule is CCc1ccc(NC2=C(c3ccc(OC)c(OC)c3)C(=O)N(c3ccc(C)cc3)C2=O)cc1. The van der Waals surface area contributed by atoms with Gasteiger partial charge in [-0.2, -0.15) is 0 Å². The molecule has 168 valence electrons. The maximum absolute atomic E-state index is 13.6. The number of nitrogens with one attached hydrogen (secondary N) is 1. The Hall–Kier alpha value is -4.06. The molecule has 0 bridgehead atoms. The number of imide groups is 1. The lowest BCUT2D eigenvalue weighted by Crippen LogP contribution is -2.32. The Kier molecular flexibility index (Phi) is 6.18. The molecule has 6 nitrogen and oxygen atoms in total. The van der Waals surface area contributed by atoms with Gasteiger partial charge >= 0.3 is 0 Å². The van der Waals surface area contributed by atoms with Crippen molar-refractivity contribution < 1.29 is 19.1 Å². The molecule has 0 aromatic heterocycles. The summed E-state index contributed by atoms with van der Waals surface area (Å²) in [5.41, 5.74) is 4.54. The Morgan fingerprint density at radius 2 is 1.48 bits per heavy atom. The van der Waals surface area contributed by atoms with Gasteiger partial charge < -0.3 is 14.8 Å². The first-order chi connectivity index (χ1) is 16.0. The number of nitrogens with zero attached hydrogens (tertiary/aromatic N) is 1. The monoisotopic (exact) mass is 442 g/mol. The van der Waals surface area contributed by atoms with E-state index in [9.17, 15) is 9.59 Å². The minimum Gasteiger partial charge on any atom is -0.493 e. The number of aryl methyl sites for hydroxylation is 2. The minimum absolute atomic E-state index is 0.219. The fourth-order valence-corrected chi connectivity index (χ4v) is 3.80. The van der Waals surface area contributed by atoms with Crippen molar-refractivity contribution in [2.75, 3.05) is 24.4 Å². The zero-order chi connectivity index (χ0) is 23.5. The number of anilines is 2. The number of carbonyl (C=O) groups excluding carboxylic acids is 2. The Bertz CT molecular complexity index is 1230. The molecule has 4 rings (SSSR count). The molecule has 0 fully saturated rings. The van der Waals surface area contributed by atoms with Crippen LogP contribution in [0.2, 0.25) is 0 Å². The molecule has 3 aromatic carbocycles. The first kappa shape index (κ1) is 22.1. The third-order valence-corrected chi connectivity index (χ3v) is 5.68. The van der Waals surface area contributed by atoms with E-state index in [1.54, 1.807) is 37.4 Å². The number of methoxy groups -OCH3 is 2. The highest BCUT2D eigenvalue weighted by atomic mass is 16.5. The van der Waals surface area contributed by atoms with E-state index in [-0.39, 0.29) is 11.3 Å². The highest BCUT2D eigenvalue weighted by Gasteiger charge is 2.40. The molecule has 1 aliphatic heterocycles. The third-order valence-electron chi connectivity index (χ3n) is 5.68. The van der Waals surface area contributed by atoms with Crippen LogP contribution in [0.3, 0.4) is 0 Å². The van der Waals surface area contributed by atoms with Crippen molar-refractivity contribution >= 4 is 28.8 Å². The van der Waals surface area contributed by atoms with Crippen molar-refractivity contribution in [2.24, 2.45) is 0 Å². The van der Waals surface area contributed by atoms with Gasteiger partial charge in [-0.3, -0.25) is 9.59 Å². The van der Waals surface area contributed by atoms with Crippen LogP contribution in [-0.4, -0.2) is 26.0 Å². The smallest absolute Gasteiger partial charge is 0.282 e. The predicted molar refractivity (Wildman–Crippen MR) is 130 cm³/mol. The van der Waals surface area contributed by atoms with Gasteiger partial charge in [0.15, 0.2) is 11.5 Å². The maximum Gasteiger partial charge on any atom is 0.282 e. The fraction of sp³-hybridized carbons (Fsp3) is 0.185. The van der Waals surface area contributed by atoms with Gasteiger partial charge in [0.05, 0.1) is 25.5 Å². The predicted octanol–water partition coefficient (Wildman–Crippen LogP) is 4.97. The summed E-state index contributed by atoms with van der Waals surface area (Å²) in [4.78, 5) is 28.3. The lowest BCUT2D eigenvalue weighted by atomic mass is 10.0. The van der Waals surface area contributed by atoms with Crippen LogP contribution in [0.5, 0.6) is 11.5 Å². The second-order valence-electron chi connectivity index (χ2n) is 7.78. The van der Waals surface area contributed by atoms with Crippen LogP contribution < -0.4 is 19.7 Å². The summed E-state index contributed by atoms with van der Waals surface area (Å²) < 4.78 is 10.8. The molecule has 0 unspecified atom stereocenters. The van der Waals surface area contributed by atoms with E-state index >= 15 is 0 Å². The molecule has 0 saturated carbocycles. The molecular formula is C27H26N2O4.